The molecule has 0 fully saturated rings. The summed E-state index contributed by atoms with van der Waals surface area (Å²) in [6.45, 7) is 2.11. The normalized spacial score (nSPS) is 10.9. The van der Waals surface area contributed by atoms with Crippen molar-refractivity contribution in [3.8, 4) is 0 Å². The fourth-order valence-corrected chi connectivity index (χ4v) is 3.00. The Morgan fingerprint density at radius 1 is 1.29 bits per heavy atom. The van der Waals surface area contributed by atoms with Gasteiger partial charge in [-0.25, -0.2) is 4.79 Å². The van der Waals surface area contributed by atoms with Crippen molar-refractivity contribution in [3.63, 3.8) is 0 Å². The number of rotatable bonds is 5. The molecule has 2 heterocycles. The van der Waals surface area contributed by atoms with Crippen LogP contribution in [0, 0.1) is 0 Å². The predicted molar refractivity (Wildman–Crippen MR) is 91.4 cm³/mol. The highest BCUT2D eigenvalue weighted by molar-refractivity contribution is 7.15. The van der Waals surface area contributed by atoms with Gasteiger partial charge in [0.05, 0.1) is 10.9 Å². The van der Waals surface area contributed by atoms with E-state index in [1.807, 2.05) is 6.92 Å². The van der Waals surface area contributed by atoms with Crippen LogP contribution >= 0.6 is 11.3 Å². The Morgan fingerprint density at radius 3 is 2.83 bits per heavy atom. The van der Waals surface area contributed by atoms with Crippen LogP contribution in [0.1, 0.15) is 18.4 Å². The molecule has 8 nitrogen and oxygen atoms in total. The number of carbonyl (C=O) groups is 1. The molecule has 0 aliphatic carbocycles. The van der Waals surface area contributed by atoms with Gasteiger partial charge in [0, 0.05) is 13.0 Å². The first-order valence-corrected chi connectivity index (χ1v) is 8.24. The van der Waals surface area contributed by atoms with Crippen molar-refractivity contribution >= 4 is 33.3 Å². The molecule has 0 spiro atoms. The number of H-pyrrole nitrogens is 1. The van der Waals surface area contributed by atoms with E-state index in [2.05, 4.69) is 20.5 Å². The van der Waals surface area contributed by atoms with Crippen molar-refractivity contribution in [1.29, 1.82) is 0 Å². The first-order valence-electron chi connectivity index (χ1n) is 7.42. The molecule has 0 unspecified atom stereocenters. The lowest BCUT2D eigenvalue weighted by molar-refractivity contribution is -0.116. The van der Waals surface area contributed by atoms with Gasteiger partial charge < -0.3 is 5.32 Å². The molecule has 0 radical (unpaired) electrons. The zero-order valence-electron chi connectivity index (χ0n) is 12.9. The van der Waals surface area contributed by atoms with Crippen molar-refractivity contribution in [2.75, 3.05) is 5.32 Å². The number of carbonyl (C=O) groups excluding carboxylic acids is 1. The third-order valence-electron chi connectivity index (χ3n) is 3.48. The summed E-state index contributed by atoms with van der Waals surface area (Å²) in [5.41, 5.74) is -0.462. The van der Waals surface area contributed by atoms with Crippen LogP contribution in [0.5, 0.6) is 0 Å². The molecular formula is C15H15N5O3S. The number of nitrogens with one attached hydrogen (secondary N) is 2. The molecule has 1 amide bonds. The lowest BCUT2D eigenvalue weighted by atomic mass is 10.2. The maximum atomic E-state index is 12.0. The molecule has 1 aromatic carbocycles. The Labute approximate surface area is 140 Å². The maximum absolute atomic E-state index is 12.0. The summed E-state index contributed by atoms with van der Waals surface area (Å²) in [6.07, 6.45) is 0.837. The fourth-order valence-electron chi connectivity index (χ4n) is 2.31. The SMILES string of the molecule is CCc1nnc(NC(=O)CCn2c(=O)[nH]c(=O)c3ccccc32)s1. The second-order valence-corrected chi connectivity index (χ2v) is 6.14. The highest BCUT2D eigenvalue weighted by Gasteiger charge is 2.11. The molecule has 0 saturated carbocycles. The van der Waals surface area contributed by atoms with E-state index >= 15 is 0 Å². The summed E-state index contributed by atoms with van der Waals surface area (Å²) in [4.78, 5) is 38.1. The maximum Gasteiger partial charge on any atom is 0.328 e. The zero-order chi connectivity index (χ0) is 17.1. The zero-order valence-corrected chi connectivity index (χ0v) is 13.7. The van der Waals surface area contributed by atoms with E-state index < -0.39 is 11.2 Å². The van der Waals surface area contributed by atoms with Gasteiger partial charge in [-0.2, -0.15) is 0 Å². The molecule has 3 rings (SSSR count). The minimum atomic E-state index is -0.532. The van der Waals surface area contributed by atoms with Gasteiger partial charge in [-0.3, -0.25) is 19.1 Å². The van der Waals surface area contributed by atoms with Crippen LogP contribution in [0.25, 0.3) is 10.9 Å². The number of fused-ring (bicyclic) bond motifs is 1. The second-order valence-electron chi connectivity index (χ2n) is 5.08. The first-order chi connectivity index (χ1) is 11.6. The van der Waals surface area contributed by atoms with E-state index in [-0.39, 0.29) is 18.9 Å². The number of benzene rings is 1. The van der Waals surface area contributed by atoms with Gasteiger partial charge in [0.2, 0.25) is 11.0 Å². The van der Waals surface area contributed by atoms with E-state index in [4.69, 9.17) is 0 Å². The minimum Gasteiger partial charge on any atom is -0.300 e. The Balaban J connectivity index is 1.77. The van der Waals surface area contributed by atoms with Crippen molar-refractivity contribution < 1.29 is 4.79 Å². The molecular weight excluding hydrogens is 330 g/mol. The number of para-hydroxylation sites is 1. The molecule has 0 bridgehead atoms. The monoisotopic (exact) mass is 345 g/mol. The Morgan fingerprint density at radius 2 is 2.08 bits per heavy atom. The number of aromatic amines is 1. The van der Waals surface area contributed by atoms with Crippen LogP contribution in [0.2, 0.25) is 0 Å². The highest BCUT2D eigenvalue weighted by atomic mass is 32.1. The molecule has 0 aliphatic heterocycles. The summed E-state index contributed by atoms with van der Waals surface area (Å²) < 4.78 is 1.38. The standard InChI is InChI=1S/C15H15N5O3S/c1-2-12-18-19-14(24-12)16-11(21)7-8-20-10-6-4-3-5-9(10)13(22)17-15(20)23/h3-6H,2,7-8H2,1H3,(H,16,19,21)(H,17,22,23). The van der Waals surface area contributed by atoms with Gasteiger partial charge in [-0.15, -0.1) is 10.2 Å². The van der Waals surface area contributed by atoms with E-state index in [1.165, 1.54) is 15.9 Å². The third kappa shape index (κ3) is 3.25. The number of hydrogen-bond donors (Lipinski definition) is 2. The van der Waals surface area contributed by atoms with Gasteiger partial charge in [0.15, 0.2) is 0 Å². The van der Waals surface area contributed by atoms with Crippen LogP contribution in [0.4, 0.5) is 5.13 Å². The smallest absolute Gasteiger partial charge is 0.300 e. The Kier molecular flexibility index (Phi) is 4.52. The molecule has 0 aliphatic rings. The minimum absolute atomic E-state index is 0.0803. The average molecular weight is 345 g/mol. The van der Waals surface area contributed by atoms with Gasteiger partial charge in [0.25, 0.3) is 5.56 Å². The quantitative estimate of drug-likeness (QED) is 0.720. The molecule has 2 N–H and O–H groups in total. The van der Waals surface area contributed by atoms with Gasteiger partial charge in [0.1, 0.15) is 5.01 Å². The van der Waals surface area contributed by atoms with Gasteiger partial charge >= 0.3 is 5.69 Å². The largest absolute Gasteiger partial charge is 0.328 e. The molecule has 2 aromatic heterocycles. The van der Waals surface area contributed by atoms with E-state index in [1.54, 1.807) is 24.3 Å². The van der Waals surface area contributed by atoms with Crippen molar-refractivity contribution in [1.82, 2.24) is 19.7 Å². The second kappa shape index (κ2) is 6.75. The Bertz CT molecular complexity index is 1000. The summed E-state index contributed by atoms with van der Waals surface area (Å²) in [6, 6.07) is 6.78. The van der Waals surface area contributed by atoms with Gasteiger partial charge in [-0.05, 0) is 18.6 Å². The van der Waals surface area contributed by atoms with Gasteiger partial charge in [-0.1, -0.05) is 30.4 Å². The van der Waals surface area contributed by atoms with E-state index in [0.717, 1.165) is 11.4 Å². The van der Waals surface area contributed by atoms with Crippen LogP contribution in [-0.4, -0.2) is 25.7 Å². The van der Waals surface area contributed by atoms with E-state index in [0.29, 0.717) is 16.0 Å². The molecule has 9 heteroatoms. The lowest BCUT2D eigenvalue weighted by Gasteiger charge is -2.08. The topological polar surface area (TPSA) is 110 Å². The van der Waals surface area contributed by atoms with E-state index in [9.17, 15) is 14.4 Å². The molecule has 24 heavy (non-hydrogen) atoms. The molecule has 124 valence electrons. The van der Waals surface area contributed by atoms with Crippen LogP contribution in [0.15, 0.2) is 33.9 Å². The Hall–Kier alpha value is -2.81. The third-order valence-corrected chi connectivity index (χ3v) is 4.47. The summed E-state index contributed by atoms with van der Waals surface area (Å²) in [5.74, 6) is -0.268. The van der Waals surface area contributed by atoms with Crippen molar-refractivity contribution in [2.45, 2.75) is 26.3 Å². The van der Waals surface area contributed by atoms with Crippen LogP contribution in [-0.2, 0) is 17.8 Å². The summed E-state index contributed by atoms with van der Waals surface area (Å²) in [5, 5.41) is 12.2. The molecule has 0 atom stereocenters. The first kappa shape index (κ1) is 16.1. The number of amides is 1. The summed E-state index contributed by atoms with van der Waals surface area (Å²) in [7, 11) is 0. The number of aryl methyl sites for hydroxylation is 2. The average Bonchev–Trinajstić information content (AvgIpc) is 3.02. The molecule has 0 saturated heterocycles. The fraction of sp³-hybridized carbons (Fsp3) is 0.267. The summed E-state index contributed by atoms with van der Waals surface area (Å²) >= 11 is 1.32. The van der Waals surface area contributed by atoms with Crippen molar-refractivity contribution in [3.05, 3.63) is 50.1 Å². The highest BCUT2D eigenvalue weighted by Crippen LogP contribution is 2.15. The molecule has 3 aromatic rings. The number of anilines is 1. The van der Waals surface area contributed by atoms with Crippen molar-refractivity contribution in [2.24, 2.45) is 0 Å². The predicted octanol–water partition coefficient (Wildman–Crippen LogP) is 1.13. The number of aromatic nitrogens is 4. The lowest BCUT2D eigenvalue weighted by Crippen LogP contribution is -2.31. The van der Waals surface area contributed by atoms with Crippen LogP contribution in [0.3, 0.4) is 0 Å². The van der Waals surface area contributed by atoms with Crippen LogP contribution < -0.4 is 16.6 Å². The number of nitrogens with zero attached hydrogens (tertiary/aromatic N) is 3. The number of hydrogen-bond acceptors (Lipinski definition) is 6.